The predicted octanol–water partition coefficient (Wildman–Crippen LogP) is 1.99. The molecule has 1 rings (SSSR count). The molecule has 0 radical (unpaired) electrons. The van der Waals surface area contributed by atoms with Gasteiger partial charge in [-0.2, -0.15) is 0 Å². The standard InChI is InChI=1S/C9H14BrN3O/c1-3-6(2)4-11-8-7(10)9(14)13-5-12-8/h5-6H,3-4H2,1-2H3,(H2,11,12,13,14). The molecule has 2 N–H and O–H groups in total. The molecule has 0 amide bonds. The van der Waals surface area contributed by atoms with Gasteiger partial charge < -0.3 is 10.3 Å². The number of aromatic amines is 1. The van der Waals surface area contributed by atoms with Gasteiger partial charge in [0.05, 0.1) is 6.33 Å². The third-order valence-electron chi connectivity index (χ3n) is 2.11. The van der Waals surface area contributed by atoms with E-state index in [0.717, 1.165) is 13.0 Å². The Kier molecular flexibility index (Phi) is 4.13. The first-order valence-corrected chi connectivity index (χ1v) is 5.41. The number of hydrogen-bond acceptors (Lipinski definition) is 3. The average Bonchev–Trinajstić information content (AvgIpc) is 2.20. The van der Waals surface area contributed by atoms with Crippen LogP contribution < -0.4 is 10.9 Å². The summed E-state index contributed by atoms with van der Waals surface area (Å²) in [6.07, 6.45) is 2.50. The highest BCUT2D eigenvalue weighted by Gasteiger charge is 2.05. The Labute approximate surface area is 91.3 Å². The van der Waals surface area contributed by atoms with Gasteiger partial charge in [-0.3, -0.25) is 4.79 Å². The molecule has 0 aliphatic heterocycles. The van der Waals surface area contributed by atoms with Gasteiger partial charge >= 0.3 is 0 Å². The van der Waals surface area contributed by atoms with Crippen LogP contribution in [0.2, 0.25) is 0 Å². The van der Waals surface area contributed by atoms with Gasteiger partial charge in [-0.05, 0) is 21.8 Å². The van der Waals surface area contributed by atoms with Gasteiger partial charge in [-0.1, -0.05) is 20.3 Å². The van der Waals surface area contributed by atoms with Crippen LogP contribution in [0, 0.1) is 5.92 Å². The van der Waals surface area contributed by atoms with Crippen LogP contribution in [0.25, 0.3) is 0 Å². The normalized spacial score (nSPS) is 12.5. The summed E-state index contributed by atoms with van der Waals surface area (Å²) in [5, 5.41) is 3.13. The van der Waals surface area contributed by atoms with E-state index in [4.69, 9.17) is 0 Å². The monoisotopic (exact) mass is 259 g/mol. The van der Waals surface area contributed by atoms with Crippen molar-refractivity contribution in [3.8, 4) is 0 Å². The molecule has 1 unspecified atom stereocenters. The number of H-pyrrole nitrogens is 1. The zero-order chi connectivity index (χ0) is 10.6. The Bertz CT molecular complexity index is 350. The number of hydrogen-bond donors (Lipinski definition) is 2. The Morgan fingerprint density at radius 2 is 2.43 bits per heavy atom. The van der Waals surface area contributed by atoms with Crippen LogP contribution in [-0.4, -0.2) is 16.5 Å². The van der Waals surface area contributed by atoms with E-state index in [1.54, 1.807) is 0 Å². The maximum Gasteiger partial charge on any atom is 0.267 e. The fourth-order valence-corrected chi connectivity index (χ4v) is 1.28. The lowest BCUT2D eigenvalue weighted by molar-refractivity contribution is 0.592. The minimum Gasteiger partial charge on any atom is -0.369 e. The number of nitrogens with one attached hydrogen (secondary N) is 2. The van der Waals surface area contributed by atoms with Crippen molar-refractivity contribution in [3.05, 3.63) is 21.2 Å². The maximum absolute atomic E-state index is 11.2. The molecule has 5 heteroatoms. The predicted molar refractivity (Wildman–Crippen MR) is 60.5 cm³/mol. The number of aromatic nitrogens is 2. The highest BCUT2D eigenvalue weighted by molar-refractivity contribution is 9.10. The van der Waals surface area contributed by atoms with E-state index >= 15 is 0 Å². The third kappa shape index (κ3) is 2.83. The van der Waals surface area contributed by atoms with Crippen LogP contribution in [-0.2, 0) is 0 Å². The minimum absolute atomic E-state index is 0.161. The molecule has 0 saturated carbocycles. The Morgan fingerprint density at radius 1 is 1.71 bits per heavy atom. The lowest BCUT2D eigenvalue weighted by atomic mass is 10.1. The molecule has 14 heavy (non-hydrogen) atoms. The van der Waals surface area contributed by atoms with Crippen LogP contribution >= 0.6 is 15.9 Å². The molecular weight excluding hydrogens is 246 g/mol. The van der Waals surface area contributed by atoms with Gasteiger partial charge in [0.15, 0.2) is 0 Å². The molecule has 0 aliphatic carbocycles. The van der Waals surface area contributed by atoms with Gasteiger partial charge in [0.2, 0.25) is 0 Å². The molecule has 1 aromatic rings. The van der Waals surface area contributed by atoms with Crippen LogP contribution in [0.1, 0.15) is 20.3 Å². The Hall–Kier alpha value is -0.840. The van der Waals surface area contributed by atoms with Crippen LogP contribution in [0.5, 0.6) is 0 Å². The number of anilines is 1. The highest BCUT2D eigenvalue weighted by Crippen LogP contribution is 2.13. The van der Waals surface area contributed by atoms with E-state index in [0.29, 0.717) is 16.2 Å². The average molecular weight is 260 g/mol. The van der Waals surface area contributed by atoms with E-state index in [1.807, 2.05) is 0 Å². The number of nitrogens with zero attached hydrogens (tertiary/aromatic N) is 1. The summed E-state index contributed by atoms with van der Waals surface area (Å²) < 4.78 is 0.461. The molecule has 1 atom stereocenters. The lowest BCUT2D eigenvalue weighted by Gasteiger charge is -2.10. The summed E-state index contributed by atoms with van der Waals surface area (Å²) in [6, 6.07) is 0. The zero-order valence-electron chi connectivity index (χ0n) is 8.30. The van der Waals surface area contributed by atoms with Crippen molar-refractivity contribution in [2.24, 2.45) is 5.92 Å². The van der Waals surface area contributed by atoms with E-state index in [1.165, 1.54) is 6.33 Å². The van der Waals surface area contributed by atoms with Gasteiger partial charge in [0.25, 0.3) is 5.56 Å². The third-order valence-corrected chi connectivity index (χ3v) is 2.85. The summed E-state index contributed by atoms with van der Waals surface area (Å²) in [6.45, 7) is 5.10. The lowest BCUT2D eigenvalue weighted by Crippen LogP contribution is -2.16. The minimum atomic E-state index is -0.161. The second-order valence-corrected chi connectivity index (χ2v) is 4.08. The molecule has 0 spiro atoms. The summed E-state index contributed by atoms with van der Waals surface area (Å²) in [5.74, 6) is 1.18. The number of rotatable bonds is 4. The largest absolute Gasteiger partial charge is 0.369 e. The molecule has 0 fully saturated rings. The first kappa shape index (κ1) is 11.2. The molecule has 0 saturated heterocycles. The van der Waals surface area contributed by atoms with Crippen molar-refractivity contribution in [1.29, 1.82) is 0 Å². The van der Waals surface area contributed by atoms with E-state index < -0.39 is 0 Å². The molecule has 0 aromatic carbocycles. The van der Waals surface area contributed by atoms with Crippen molar-refractivity contribution < 1.29 is 0 Å². The summed E-state index contributed by atoms with van der Waals surface area (Å²) in [4.78, 5) is 17.7. The van der Waals surface area contributed by atoms with Crippen LogP contribution in [0.4, 0.5) is 5.82 Å². The molecule has 1 aromatic heterocycles. The topological polar surface area (TPSA) is 57.8 Å². The molecule has 0 bridgehead atoms. The van der Waals surface area contributed by atoms with Crippen molar-refractivity contribution >= 4 is 21.7 Å². The van der Waals surface area contributed by atoms with Crippen molar-refractivity contribution in [2.75, 3.05) is 11.9 Å². The molecule has 78 valence electrons. The van der Waals surface area contributed by atoms with Gasteiger partial charge in [0, 0.05) is 6.54 Å². The van der Waals surface area contributed by atoms with Crippen molar-refractivity contribution in [3.63, 3.8) is 0 Å². The number of halogens is 1. The molecule has 4 nitrogen and oxygen atoms in total. The molecule has 0 aliphatic rings. The fourth-order valence-electron chi connectivity index (χ4n) is 0.922. The van der Waals surface area contributed by atoms with E-state index in [-0.39, 0.29) is 5.56 Å². The fraction of sp³-hybridized carbons (Fsp3) is 0.556. The maximum atomic E-state index is 11.2. The second kappa shape index (κ2) is 5.14. The summed E-state index contributed by atoms with van der Waals surface area (Å²) in [5.41, 5.74) is -0.161. The van der Waals surface area contributed by atoms with E-state index in [2.05, 4.69) is 45.1 Å². The molecule has 1 heterocycles. The highest BCUT2D eigenvalue weighted by atomic mass is 79.9. The van der Waals surface area contributed by atoms with E-state index in [9.17, 15) is 4.79 Å². The van der Waals surface area contributed by atoms with Crippen molar-refractivity contribution in [2.45, 2.75) is 20.3 Å². The van der Waals surface area contributed by atoms with Crippen LogP contribution in [0.15, 0.2) is 15.6 Å². The Morgan fingerprint density at radius 3 is 3.07 bits per heavy atom. The van der Waals surface area contributed by atoms with Gasteiger partial charge in [0.1, 0.15) is 10.3 Å². The van der Waals surface area contributed by atoms with Gasteiger partial charge in [-0.25, -0.2) is 4.98 Å². The van der Waals surface area contributed by atoms with Crippen molar-refractivity contribution in [1.82, 2.24) is 9.97 Å². The van der Waals surface area contributed by atoms with Crippen LogP contribution in [0.3, 0.4) is 0 Å². The SMILES string of the molecule is CCC(C)CNc1nc[nH]c(=O)c1Br. The zero-order valence-corrected chi connectivity index (χ0v) is 9.89. The smallest absolute Gasteiger partial charge is 0.267 e. The Balaban J connectivity index is 2.68. The summed E-state index contributed by atoms with van der Waals surface area (Å²) in [7, 11) is 0. The quantitative estimate of drug-likeness (QED) is 0.870. The first-order valence-electron chi connectivity index (χ1n) is 4.62. The van der Waals surface area contributed by atoms with Gasteiger partial charge in [-0.15, -0.1) is 0 Å². The summed E-state index contributed by atoms with van der Waals surface area (Å²) >= 11 is 3.18. The first-order chi connectivity index (χ1) is 6.65. The molecular formula is C9H14BrN3O. The second-order valence-electron chi connectivity index (χ2n) is 3.29.